The standard InChI is InChI=1S/C10H17P.C3H8/c1-3-9-6-5-7-10(11,4-2)8-9;1-3-2/h5-7H,3-4,8,11H2,1-2H3;3H2,1-2H3. The fraction of sp³-hybridized carbons (Fsp3) is 0.692. The van der Waals surface area contributed by atoms with E-state index in [1.54, 1.807) is 5.57 Å². The van der Waals surface area contributed by atoms with E-state index < -0.39 is 0 Å². The van der Waals surface area contributed by atoms with Crippen LogP contribution in [0.1, 0.15) is 53.4 Å². The third-order valence-electron chi connectivity index (χ3n) is 2.43. The van der Waals surface area contributed by atoms with Gasteiger partial charge in [0.25, 0.3) is 0 Å². The molecule has 1 heteroatoms. The van der Waals surface area contributed by atoms with Gasteiger partial charge in [-0.3, -0.25) is 0 Å². The molecule has 0 aromatic rings. The Hall–Kier alpha value is -0.0900. The number of hydrogen-bond acceptors (Lipinski definition) is 0. The molecule has 0 bridgehead atoms. The van der Waals surface area contributed by atoms with E-state index in [1.165, 1.54) is 25.7 Å². The van der Waals surface area contributed by atoms with Crippen molar-refractivity contribution < 1.29 is 0 Å². The van der Waals surface area contributed by atoms with E-state index in [9.17, 15) is 0 Å². The van der Waals surface area contributed by atoms with Crippen molar-refractivity contribution >= 4 is 9.24 Å². The zero-order valence-electron chi connectivity index (χ0n) is 10.1. The molecule has 2 unspecified atom stereocenters. The molecule has 1 rings (SSSR count). The fourth-order valence-corrected chi connectivity index (χ4v) is 1.78. The average molecular weight is 212 g/mol. The molecule has 0 aromatic heterocycles. The molecule has 0 aliphatic heterocycles. The van der Waals surface area contributed by atoms with Gasteiger partial charge in [-0.25, -0.2) is 0 Å². The Balaban J connectivity index is 0.000000500. The van der Waals surface area contributed by atoms with E-state index in [0.29, 0.717) is 5.16 Å². The molecule has 0 spiro atoms. The first-order chi connectivity index (χ1) is 6.61. The van der Waals surface area contributed by atoms with Crippen LogP contribution in [0.3, 0.4) is 0 Å². The molecule has 0 saturated heterocycles. The van der Waals surface area contributed by atoms with Crippen LogP contribution >= 0.6 is 9.24 Å². The predicted octanol–water partition coefficient (Wildman–Crippen LogP) is 4.72. The predicted molar refractivity (Wildman–Crippen MR) is 70.8 cm³/mol. The minimum absolute atomic E-state index is 0.361. The van der Waals surface area contributed by atoms with Gasteiger partial charge in [0.2, 0.25) is 0 Å². The highest BCUT2D eigenvalue weighted by Gasteiger charge is 2.21. The summed E-state index contributed by atoms with van der Waals surface area (Å²) in [5, 5.41) is 0.361. The molecule has 82 valence electrons. The van der Waals surface area contributed by atoms with Gasteiger partial charge in [-0.1, -0.05) is 57.9 Å². The Morgan fingerprint density at radius 1 is 1.29 bits per heavy atom. The molecule has 0 N–H and O–H groups in total. The van der Waals surface area contributed by atoms with Gasteiger partial charge in [-0.15, -0.1) is 9.24 Å². The van der Waals surface area contributed by atoms with E-state index >= 15 is 0 Å². The highest BCUT2D eigenvalue weighted by Crippen LogP contribution is 2.35. The quantitative estimate of drug-likeness (QED) is 0.581. The zero-order valence-corrected chi connectivity index (χ0v) is 11.3. The van der Waals surface area contributed by atoms with Crippen LogP contribution in [0.15, 0.2) is 23.8 Å². The topological polar surface area (TPSA) is 0 Å². The number of allylic oxidation sites excluding steroid dienone is 4. The summed E-state index contributed by atoms with van der Waals surface area (Å²) in [7, 11) is 2.97. The third kappa shape index (κ3) is 4.96. The second-order valence-corrected chi connectivity index (χ2v) is 5.16. The third-order valence-corrected chi connectivity index (χ3v) is 3.23. The Kier molecular flexibility index (Phi) is 7.19. The van der Waals surface area contributed by atoms with Crippen molar-refractivity contribution in [3.63, 3.8) is 0 Å². The monoisotopic (exact) mass is 212 g/mol. The van der Waals surface area contributed by atoms with Gasteiger partial charge in [0.05, 0.1) is 0 Å². The number of rotatable bonds is 2. The maximum absolute atomic E-state index is 2.97. The Bertz CT molecular complexity index is 203. The van der Waals surface area contributed by atoms with Crippen LogP contribution in [0.5, 0.6) is 0 Å². The molecule has 0 radical (unpaired) electrons. The molecule has 0 aromatic carbocycles. The molecule has 2 atom stereocenters. The van der Waals surface area contributed by atoms with Crippen molar-refractivity contribution in [2.75, 3.05) is 0 Å². The molecule has 0 nitrogen and oxygen atoms in total. The van der Waals surface area contributed by atoms with Gasteiger partial charge in [-0.2, -0.15) is 0 Å². The minimum atomic E-state index is 0.361. The van der Waals surface area contributed by atoms with E-state index in [-0.39, 0.29) is 0 Å². The molecule has 0 saturated carbocycles. The van der Waals surface area contributed by atoms with Crippen molar-refractivity contribution in [2.45, 2.75) is 58.5 Å². The molecule has 14 heavy (non-hydrogen) atoms. The summed E-state index contributed by atoms with van der Waals surface area (Å²) in [6.07, 6.45) is 11.6. The lowest BCUT2D eigenvalue weighted by atomic mass is 9.90. The lowest BCUT2D eigenvalue weighted by Crippen LogP contribution is -2.18. The van der Waals surface area contributed by atoms with E-state index in [4.69, 9.17) is 0 Å². The summed E-state index contributed by atoms with van der Waals surface area (Å²) in [4.78, 5) is 0. The van der Waals surface area contributed by atoms with Crippen LogP contribution in [-0.2, 0) is 0 Å². The molecule has 0 fully saturated rings. The SMILES string of the molecule is CCC.CCC1=CC=CC(P)(CC)C1. The van der Waals surface area contributed by atoms with Crippen LogP contribution in [0.4, 0.5) is 0 Å². The van der Waals surface area contributed by atoms with E-state index in [2.05, 4.69) is 55.2 Å². The lowest BCUT2D eigenvalue weighted by Gasteiger charge is -2.27. The highest BCUT2D eigenvalue weighted by molar-refractivity contribution is 7.19. The molecule has 0 amide bonds. The first kappa shape index (κ1) is 13.9. The lowest BCUT2D eigenvalue weighted by molar-refractivity contribution is 0.655. The Labute approximate surface area is 92.1 Å². The van der Waals surface area contributed by atoms with Gasteiger partial charge >= 0.3 is 0 Å². The first-order valence-corrected chi connectivity index (χ1v) is 6.35. The molecular weight excluding hydrogens is 187 g/mol. The summed E-state index contributed by atoms with van der Waals surface area (Å²) in [6, 6.07) is 0. The Morgan fingerprint density at radius 2 is 1.86 bits per heavy atom. The van der Waals surface area contributed by atoms with Gasteiger partial charge in [0.15, 0.2) is 0 Å². The largest absolute Gasteiger partial charge is 0.127 e. The van der Waals surface area contributed by atoms with Gasteiger partial charge < -0.3 is 0 Å². The summed E-state index contributed by atoms with van der Waals surface area (Å²) in [6.45, 7) is 8.72. The molecule has 1 aliphatic carbocycles. The maximum atomic E-state index is 2.97. The normalized spacial score (nSPS) is 25.1. The van der Waals surface area contributed by atoms with Crippen molar-refractivity contribution in [2.24, 2.45) is 0 Å². The van der Waals surface area contributed by atoms with E-state index in [0.717, 1.165) is 0 Å². The van der Waals surface area contributed by atoms with Crippen LogP contribution in [0.25, 0.3) is 0 Å². The fourth-order valence-electron chi connectivity index (χ4n) is 1.40. The average Bonchev–Trinajstić information content (AvgIpc) is 2.19. The van der Waals surface area contributed by atoms with Crippen molar-refractivity contribution in [3.05, 3.63) is 23.8 Å². The van der Waals surface area contributed by atoms with Crippen molar-refractivity contribution in [1.82, 2.24) is 0 Å². The van der Waals surface area contributed by atoms with Crippen LogP contribution in [-0.4, -0.2) is 5.16 Å². The van der Waals surface area contributed by atoms with Crippen molar-refractivity contribution in [1.29, 1.82) is 0 Å². The molecular formula is C13H25P. The summed E-state index contributed by atoms with van der Waals surface area (Å²) < 4.78 is 0. The molecule has 1 aliphatic rings. The van der Waals surface area contributed by atoms with Crippen LogP contribution in [0.2, 0.25) is 0 Å². The van der Waals surface area contributed by atoms with Crippen LogP contribution in [0, 0.1) is 0 Å². The second kappa shape index (κ2) is 7.23. The zero-order chi connectivity index (χ0) is 11.0. The van der Waals surface area contributed by atoms with Gasteiger partial charge in [0, 0.05) is 5.16 Å². The second-order valence-electron chi connectivity index (χ2n) is 4.01. The molecule has 0 heterocycles. The first-order valence-electron chi connectivity index (χ1n) is 5.78. The van der Waals surface area contributed by atoms with Crippen molar-refractivity contribution in [3.8, 4) is 0 Å². The van der Waals surface area contributed by atoms with E-state index in [1.807, 2.05) is 0 Å². The highest BCUT2D eigenvalue weighted by atomic mass is 31.0. The Morgan fingerprint density at radius 3 is 2.29 bits per heavy atom. The maximum Gasteiger partial charge on any atom is 0.00645 e. The minimum Gasteiger partial charge on any atom is -0.127 e. The van der Waals surface area contributed by atoms with Crippen LogP contribution < -0.4 is 0 Å². The summed E-state index contributed by atoms with van der Waals surface area (Å²) in [5.74, 6) is 0. The smallest absolute Gasteiger partial charge is 0.00645 e. The number of hydrogen-bond donors (Lipinski definition) is 0. The van der Waals surface area contributed by atoms with Gasteiger partial charge in [-0.05, 0) is 19.3 Å². The summed E-state index contributed by atoms with van der Waals surface area (Å²) >= 11 is 0. The van der Waals surface area contributed by atoms with Gasteiger partial charge in [0.1, 0.15) is 0 Å². The summed E-state index contributed by atoms with van der Waals surface area (Å²) in [5.41, 5.74) is 1.57.